The van der Waals surface area contributed by atoms with E-state index < -0.39 is 5.97 Å². The van der Waals surface area contributed by atoms with Crippen molar-refractivity contribution >= 4 is 17.8 Å². The number of aliphatic carboxylic acids is 1. The molecule has 2 rings (SSSR count). The molecule has 1 aliphatic rings. The summed E-state index contributed by atoms with van der Waals surface area (Å²) in [6.45, 7) is 4.25. The Hall–Kier alpha value is -2.57. The Balaban J connectivity index is 1.89. The van der Waals surface area contributed by atoms with Gasteiger partial charge in [-0.05, 0) is 57.4 Å². The van der Waals surface area contributed by atoms with Gasteiger partial charge in [-0.1, -0.05) is 0 Å². The number of nitrogens with zero attached hydrogens (tertiary/aromatic N) is 2. The third-order valence-corrected chi connectivity index (χ3v) is 4.95. The molecular weight excluding hydrogens is 348 g/mol. The van der Waals surface area contributed by atoms with Crippen LogP contribution in [0.4, 0.5) is 0 Å². The van der Waals surface area contributed by atoms with Crippen LogP contribution in [0, 0.1) is 0 Å². The van der Waals surface area contributed by atoms with E-state index in [1.165, 1.54) is 4.90 Å². The number of amides is 2. The van der Waals surface area contributed by atoms with Crippen molar-refractivity contribution in [2.24, 2.45) is 0 Å². The highest BCUT2D eigenvalue weighted by Gasteiger charge is 2.29. The molecule has 148 valence electrons. The van der Waals surface area contributed by atoms with Gasteiger partial charge in [0.2, 0.25) is 0 Å². The number of carboxylic acids is 1. The predicted octanol–water partition coefficient (Wildman–Crippen LogP) is 2.40. The molecule has 1 heterocycles. The van der Waals surface area contributed by atoms with E-state index >= 15 is 0 Å². The Morgan fingerprint density at radius 1 is 1.15 bits per heavy atom. The van der Waals surface area contributed by atoms with Gasteiger partial charge in [0, 0.05) is 31.2 Å². The summed E-state index contributed by atoms with van der Waals surface area (Å²) in [5.74, 6) is -0.705. The standard InChI is InChI=1S/C20H28N2O5/c1-14-5-4-6-15(2)22(14)18(23)13-27-17-9-7-16(8-10-17)20(26)21(3)12-11-19(24)25/h7-10,14-15H,4-6,11-13H2,1-3H3,(H,24,25). The van der Waals surface area contributed by atoms with Crippen LogP contribution in [-0.2, 0) is 9.59 Å². The Morgan fingerprint density at radius 2 is 1.74 bits per heavy atom. The van der Waals surface area contributed by atoms with Crippen molar-refractivity contribution in [3.05, 3.63) is 29.8 Å². The molecule has 1 aliphatic heterocycles. The highest BCUT2D eigenvalue weighted by molar-refractivity contribution is 5.94. The van der Waals surface area contributed by atoms with E-state index in [4.69, 9.17) is 9.84 Å². The van der Waals surface area contributed by atoms with Crippen molar-refractivity contribution in [3.63, 3.8) is 0 Å². The molecule has 2 atom stereocenters. The van der Waals surface area contributed by atoms with Crippen LogP contribution >= 0.6 is 0 Å². The maximum atomic E-state index is 12.5. The average molecular weight is 376 g/mol. The zero-order valence-electron chi connectivity index (χ0n) is 16.2. The second kappa shape index (κ2) is 9.39. The largest absolute Gasteiger partial charge is 0.484 e. The van der Waals surface area contributed by atoms with E-state index in [-0.39, 0.29) is 43.5 Å². The number of rotatable bonds is 7. The lowest BCUT2D eigenvalue weighted by Crippen LogP contribution is -2.49. The molecular formula is C20H28N2O5. The van der Waals surface area contributed by atoms with Gasteiger partial charge in [-0.2, -0.15) is 0 Å². The first kappa shape index (κ1) is 20.7. The number of hydrogen-bond acceptors (Lipinski definition) is 4. The first-order valence-corrected chi connectivity index (χ1v) is 9.31. The van der Waals surface area contributed by atoms with Gasteiger partial charge in [0.05, 0.1) is 6.42 Å². The van der Waals surface area contributed by atoms with Crippen molar-refractivity contribution in [1.82, 2.24) is 9.80 Å². The van der Waals surface area contributed by atoms with Crippen molar-refractivity contribution in [1.29, 1.82) is 0 Å². The van der Waals surface area contributed by atoms with Crippen molar-refractivity contribution in [2.75, 3.05) is 20.2 Å². The molecule has 1 aromatic carbocycles. The van der Waals surface area contributed by atoms with E-state index in [1.54, 1.807) is 31.3 Å². The third-order valence-electron chi connectivity index (χ3n) is 4.95. The summed E-state index contributed by atoms with van der Waals surface area (Å²) in [6.07, 6.45) is 3.08. The van der Waals surface area contributed by atoms with E-state index in [9.17, 15) is 14.4 Å². The highest BCUT2D eigenvalue weighted by Crippen LogP contribution is 2.23. The summed E-state index contributed by atoms with van der Waals surface area (Å²) in [7, 11) is 1.56. The average Bonchev–Trinajstić information content (AvgIpc) is 2.64. The minimum Gasteiger partial charge on any atom is -0.484 e. The quantitative estimate of drug-likeness (QED) is 0.790. The lowest BCUT2D eigenvalue weighted by atomic mass is 9.97. The van der Waals surface area contributed by atoms with Gasteiger partial charge in [-0.15, -0.1) is 0 Å². The van der Waals surface area contributed by atoms with Crippen molar-refractivity contribution in [2.45, 2.75) is 51.6 Å². The summed E-state index contributed by atoms with van der Waals surface area (Å²) in [5, 5.41) is 8.70. The second-order valence-corrected chi connectivity index (χ2v) is 7.11. The minimum absolute atomic E-state index is 0.0248. The molecule has 7 nitrogen and oxygen atoms in total. The van der Waals surface area contributed by atoms with Gasteiger partial charge in [-0.3, -0.25) is 14.4 Å². The van der Waals surface area contributed by atoms with Crippen LogP contribution in [0.25, 0.3) is 0 Å². The van der Waals surface area contributed by atoms with Gasteiger partial charge in [0.15, 0.2) is 6.61 Å². The fourth-order valence-electron chi connectivity index (χ4n) is 3.41. The smallest absolute Gasteiger partial charge is 0.305 e. The van der Waals surface area contributed by atoms with Gasteiger partial charge < -0.3 is 19.6 Å². The number of carboxylic acid groups (broad SMARTS) is 1. The molecule has 27 heavy (non-hydrogen) atoms. The van der Waals surface area contributed by atoms with E-state index in [2.05, 4.69) is 13.8 Å². The molecule has 2 amide bonds. The maximum Gasteiger partial charge on any atom is 0.305 e. The fraction of sp³-hybridized carbons (Fsp3) is 0.550. The molecule has 0 aromatic heterocycles. The van der Waals surface area contributed by atoms with Gasteiger partial charge in [0.25, 0.3) is 11.8 Å². The summed E-state index contributed by atoms with van der Waals surface area (Å²) in [6, 6.07) is 6.98. The number of ether oxygens (including phenoxy) is 1. The van der Waals surface area contributed by atoms with E-state index in [0.29, 0.717) is 11.3 Å². The molecule has 0 saturated carbocycles. The maximum absolute atomic E-state index is 12.5. The van der Waals surface area contributed by atoms with Crippen molar-refractivity contribution in [3.8, 4) is 5.75 Å². The number of benzene rings is 1. The minimum atomic E-state index is -0.944. The zero-order valence-corrected chi connectivity index (χ0v) is 16.2. The van der Waals surface area contributed by atoms with Crippen LogP contribution in [-0.4, -0.2) is 65.0 Å². The summed E-state index contributed by atoms with van der Waals surface area (Å²) in [5.41, 5.74) is 0.444. The van der Waals surface area contributed by atoms with Gasteiger partial charge in [0.1, 0.15) is 5.75 Å². The van der Waals surface area contributed by atoms with Gasteiger partial charge >= 0.3 is 5.97 Å². The lowest BCUT2D eigenvalue weighted by Gasteiger charge is -2.38. The van der Waals surface area contributed by atoms with Gasteiger partial charge in [-0.25, -0.2) is 0 Å². The van der Waals surface area contributed by atoms with Crippen molar-refractivity contribution < 1.29 is 24.2 Å². The molecule has 0 aliphatic carbocycles. The normalized spacial score (nSPS) is 19.4. The Labute approximate surface area is 159 Å². The van der Waals surface area contributed by atoms with Crippen LogP contribution in [0.3, 0.4) is 0 Å². The molecule has 1 N–H and O–H groups in total. The molecule has 0 bridgehead atoms. The first-order valence-electron chi connectivity index (χ1n) is 9.31. The topological polar surface area (TPSA) is 87.2 Å². The molecule has 0 radical (unpaired) electrons. The zero-order chi connectivity index (χ0) is 20.0. The van der Waals surface area contributed by atoms with Crippen LogP contribution in [0.1, 0.15) is 49.9 Å². The monoisotopic (exact) mass is 376 g/mol. The number of likely N-dealkylation sites (tertiary alicyclic amines) is 1. The fourth-order valence-corrected chi connectivity index (χ4v) is 3.41. The first-order chi connectivity index (χ1) is 12.8. The molecule has 1 saturated heterocycles. The Kier molecular flexibility index (Phi) is 7.21. The highest BCUT2D eigenvalue weighted by atomic mass is 16.5. The van der Waals surface area contributed by atoms with Crippen LogP contribution < -0.4 is 4.74 Å². The molecule has 0 spiro atoms. The molecule has 2 unspecified atom stereocenters. The number of carbonyl (C=O) groups excluding carboxylic acids is 2. The lowest BCUT2D eigenvalue weighted by molar-refractivity contribution is -0.139. The predicted molar refractivity (Wildman–Crippen MR) is 101 cm³/mol. The number of hydrogen-bond donors (Lipinski definition) is 1. The van der Waals surface area contributed by atoms with E-state index in [0.717, 1.165) is 19.3 Å². The van der Waals surface area contributed by atoms with Crippen LogP contribution in [0.5, 0.6) is 5.75 Å². The molecule has 1 fully saturated rings. The third kappa shape index (κ3) is 5.70. The Bertz CT molecular complexity index is 663. The van der Waals surface area contributed by atoms with Crippen LogP contribution in [0.15, 0.2) is 24.3 Å². The molecule has 1 aromatic rings. The molecule has 7 heteroatoms. The number of carbonyl (C=O) groups is 3. The SMILES string of the molecule is CC1CCCC(C)N1C(=O)COc1ccc(C(=O)N(C)CCC(=O)O)cc1. The summed E-state index contributed by atoms with van der Waals surface area (Å²) >= 11 is 0. The van der Waals surface area contributed by atoms with E-state index in [1.807, 2.05) is 4.90 Å². The Morgan fingerprint density at radius 3 is 2.30 bits per heavy atom. The summed E-state index contributed by atoms with van der Waals surface area (Å²) in [4.78, 5) is 38.6. The number of piperidine rings is 1. The second-order valence-electron chi connectivity index (χ2n) is 7.11. The summed E-state index contributed by atoms with van der Waals surface area (Å²) < 4.78 is 5.60. The van der Waals surface area contributed by atoms with Crippen LogP contribution in [0.2, 0.25) is 0 Å².